The van der Waals surface area contributed by atoms with Crippen LogP contribution in [0.25, 0.3) is 0 Å². The Bertz CT molecular complexity index is 425. The predicted molar refractivity (Wildman–Crippen MR) is 86.0 cm³/mol. The summed E-state index contributed by atoms with van der Waals surface area (Å²) in [7, 11) is 0. The van der Waals surface area contributed by atoms with E-state index in [4.69, 9.17) is 0 Å². The van der Waals surface area contributed by atoms with Crippen molar-refractivity contribution in [2.75, 3.05) is 13.1 Å². The van der Waals surface area contributed by atoms with Crippen molar-refractivity contribution in [2.24, 2.45) is 0 Å². The zero-order chi connectivity index (χ0) is 13.9. The summed E-state index contributed by atoms with van der Waals surface area (Å²) in [5.74, 6) is 0.695. The van der Waals surface area contributed by atoms with Crippen LogP contribution in [0.5, 0.6) is 0 Å². The second-order valence-electron chi connectivity index (χ2n) is 6.28. The highest BCUT2D eigenvalue weighted by Gasteiger charge is 2.31. The summed E-state index contributed by atoms with van der Waals surface area (Å²) in [5, 5.41) is 10.2. The number of likely N-dealkylation sites (tertiary alicyclic amines) is 1. The Morgan fingerprint density at radius 3 is 2.25 bits per heavy atom. The van der Waals surface area contributed by atoms with Gasteiger partial charge in [0, 0.05) is 10.5 Å². The summed E-state index contributed by atoms with van der Waals surface area (Å²) < 4.78 is 1.16. The van der Waals surface area contributed by atoms with Gasteiger partial charge in [-0.15, -0.1) is 0 Å². The van der Waals surface area contributed by atoms with Crippen molar-refractivity contribution >= 4 is 15.9 Å². The van der Waals surface area contributed by atoms with E-state index in [0.717, 1.165) is 24.0 Å². The maximum absolute atomic E-state index is 10.2. The molecule has 2 fully saturated rings. The number of piperidine rings is 1. The van der Waals surface area contributed by atoms with Crippen LogP contribution in [0.15, 0.2) is 28.7 Å². The molecule has 1 heterocycles. The standard InChI is InChI=1S/C17H24BrNO/c18-15-7-5-13(6-8-15)14-9-11-19(12-10-14)16-3-1-2-4-17(16)20/h5-8,14,16-17,20H,1-4,9-12H2/t16-,17-/m0/s1. The second kappa shape index (κ2) is 6.59. The molecule has 110 valence electrons. The van der Waals surface area contributed by atoms with Gasteiger partial charge in [-0.3, -0.25) is 4.90 Å². The van der Waals surface area contributed by atoms with E-state index in [1.807, 2.05) is 0 Å². The second-order valence-corrected chi connectivity index (χ2v) is 7.20. The molecule has 3 heteroatoms. The van der Waals surface area contributed by atoms with Gasteiger partial charge >= 0.3 is 0 Å². The molecule has 0 bridgehead atoms. The number of halogens is 1. The average molecular weight is 338 g/mol. The number of nitrogens with zero attached hydrogens (tertiary/aromatic N) is 1. The van der Waals surface area contributed by atoms with E-state index in [-0.39, 0.29) is 6.10 Å². The minimum Gasteiger partial charge on any atom is -0.391 e. The van der Waals surface area contributed by atoms with Crippen LogP contribution in [-0.2, 0) is 0 Å². The number of aliphatic hydroxyl groups excluding tert-OH is 1. The van der Waals surface area contributed by atoms with Crippen LogP contribution < -0.4 is 0 Å². The van der Waals surface area contributed by atoms with Gasteiger partial charge in [0.1, 0.15) is 0 Å². The van der Waals surface area contributed by atoms with Crippen LogP contribution in [0.4, 0.5) is 0 Å². The molecule has 20 heavy (non-hydrogen) atoms. The number of hydrogen-bond donors (Lipinski definition) is 1. The Labute approximate surface area is 130 Å². The van der Waals surface area contributed by atoms with Crippen molar-refractivity contribution < 1.29 is 5.11 Å². The van der Waals surface area contributed by atoms with E-state index in [1.54, 1.807) is 0 Å². The third kappa shape index (κ3) is 3.26. The van der Waals surface area contributed by atoms with Crippen LogP contribution in [-0.4, -0.2) is 35.2 Å². The van der Waals surface area contributed by atoms with Crippen LogP contribution in [0, 0.1) is 0 Å². The zero-order valence-corrected chi connectivity index (χ0v) is 13.6. The van der Waals surface area contributed by atoms with Crippen molar-refractivity contribution in [3.63, 3.8) is 0 Å². The van der Waals surface area contributed by atoms with Crippen LogP contribution >= 0.6 is 15.9 Å². The molecular formula is C17H24BrNO. The Morgan fingerprint density at radius 1 is 0.950 bits per heavy atom. The number of rotatable bonds is 2. The first kappa shape index (κ1) is 14.6. The van der Waals surface area contributed by atoms with E-state index < -0.39 is 0 Å². The molecule has 0 unspecified atom stereocenters. The van der Waals surface area contributed by atoms with Crippen LogP contribution in [0.2, 0.25) is 0 Å². The minimum absolute atomic E-state index is 0.0898. The SMILES string of the molecule is O[C@H]1CCCC[C@@H]1N1CCC(c2ccc(Br)cc2)CC1. The number of hydrogen-bond acceptors (Lipinski definition) is 2. The van der Waals surface area contributed by atoms with Crippen molar-refractivity contribution in [1.29, 1.82) is 0 Å². The maximum atomic E-state index is 10.2. The van der Waals surface area contributed by atoms with E-state index in [9.17, 15) is 5.11 Å². The molecule has 2 atom stereocenters. The Kier molecular flexibility index (Phi) is 4.79. The summed E-state index contributed by atoms with van der Waals surface area (Å²) in [6.45, 7) is 2.28. The van der Waals surface area contributed by atoms with Gasteiger partial charge in [-0.05, 0) is 62.4 Å². The highest BCUT2D eigenvalue weighted by atomic mass is 79.9. The molecule has 2 nitrogen and oxygen atoms in total. The van der Waals surface area contributed by atoms with Gasteiger partial charge in [0.2, 0.25) is 0 Å². The predicted octanol–water partition coefficient (Wildman–Crippen LogP) is 3.93. The summed E-state index contributed by atoms with van der Waals surface area (Å²) in [6.07, 6.45) is 7.03. The molecule has 1 aliphatic carbocycles. The lowest BCUT2D eigenvalue weighted by molar-refractivity contribution is 0.00871. The van der Waals surface area contributed by atoms with Crippen molar-refractivity contribution in [1.82, 2.24) is 4.90 Å². The summed E-state index contributed by atoms with van der Waals surface area (Å²) >= 11 is 3.50. The van der Waals surface area contributed by atoms with E-state index >= 15 is 0 Å². The molecule has 3 rings (SSSR count). The molecule has 1 aromatic rings. The van der Waals surface area contributed by atoms with Crippen molar-refractivity contribution in [2.45, 2.75) is 56.6 Å². The van der Waals surface area contributed by atoms with Gasteiger partial charge < -0.3 is 5.11 Å². The molecule has 0 radical (unpaired) electrons. The molecule has 0 aromatic heterocycles. The van der Waals surface area contributed by atoms with Gasteiger partial charge in [-0.2, -0.15) is 0 Å². The lowest BCUT2D eigenvalue weighted by atomic mass is 9.86. The normalized spacial score (nSPS) is 29.5. The van der Waals surface area contributed by atoms with E-state index in [0.29, 0.717) is 12.0 Å². The highest BCUT2D eigenvalue weighted by molar-refractivity contribution is 9.10. The molecule has 1 saturated heterocycles. The van der Waals surface area contributed by atoms with Crippen LogP contribution in [0.3, 0.4) is 0 Å². The van der Waals surface area contributed by atoms with Crippen LogP contribution in [0.1, 0.15) is 50.0 Å². The lowest BCUT2D eigenvalue weighted by Gasteiger charge is -2.41. The molecule has 0 spiro atoms. The average Bonchev–Trinajstić information content (AvgIpc) is 2.49. The largest absolute Gasteiger partial charge is 0.391 e. The fraction of sp³-hybridized carbons (Fsp3) is 0.647. The Balaban J connectivity index is 1.57. The minimum atomic E-state index is -0.0898. The maximum Gasteiger partial charge on any atom is 0.0695 e. The van der Waals surface area contributed by atoms with Gasteiger partial charge in [-0.1, -0.05) is 40.9 Å². The summed E-state index contributed by atoms with van der Waals surface area (Å²) in [4.78, 5) is 2.54. The third-order valence-corrected chi connectivity index (χ3v) is 5.56. The molecule has 0 amide bonds. The summed E-state index contributed by atoms with van der Waals surface area (Å²) in [5.41, 5.74) is 1.47. The fourth-order valence-corrected chi connectivity index (χ4v) is 4.08. The molecule has 1 N–H and O–H groups in total. The highest BCUT2D eigenvalue weighted by Crippen LogP contribution is 2.32. The lowest BCUT2D eigenvalue weighted by Crippen LogP contribution is -2.48. The Morgan fingerprint density at radius 2 is 1.60 bits per heavy atom. The number of benzene rings is 1. The first-order valence-electron chi connectivity index (χ1n) is 7.91. The Hall–Kier alpha value is -0.380. The fourth-order valence-electron chi connectivity index (χ4n) is 3.82. The molecule has 1 aliphatic heterocycles. The molecule has 1 aromatic carbocycles. The first-order valence-corrected chi connectivity index (χ1v) is 8.71. The van der Waals surface area contributed by atoms with E-state index in [2.05, 4.69) is 45.1 Å². The molecule has 2 aliphatic rings. The zero-order valence-electron chi connectivity index (χ0n) is 12.0. The van der Waals surface area contributed by atoms with E-state index in [1.165, 1.54) is 37.7 Å². The molecule has 1 saturated carbocycles. The van der Waals surface area contributed by atoms with Crippen molar-refractivity contribution in [3.05, 3.63) is 34.3 Å². The number of aliphatic hydroxyl groups is 1. The van der Waals surface area contributed by atoms with Gasteiger partial charge in [0.25, 0.3) is 0 Å². The van der Waals surface area contributed by atoms with Gasteiger partial charge in [0.15, 0.2) is 0 Å². The topological polar surface area (TPSA) is 23.5 Å². The van der Waals surface area contributed by atoms with Gasteiger partial charge in [-0.25, -0.2) is 0 Å². The smallest absolute Gasteiger partial charge is 0.0695 e. The quantitative estimate of drug-likeness (QED) is 0.883. The van der Waals surface area contributed by atoms with Crippen molar-refractivity contribution in [3.8, 4) is 0 Å². The third-order valence-electron chi connectivity index (χ3n) is 5.03. The first-order chi connectivity index (χ1) is 9.74. The monoisotopic (exact) mass is 337 g/mol. The van der Waals surface area contributed by atoms with Gasteiger partial charge in [0.05, 0.1) is 6.10 Å². The molecular weight excluding hydrogens is 314 g/mol. The summed E-state index contributed by atoms with van der Waals surface area (Å²) in [6, 6.07) is 9.22.